The van der Waals surface area contributed by atoms with Crippen molar-refractivity contribution in [1.82, 2.24) is 4.90 Å². The molecule has 2 aliphatic carbocycles. The summed E-state index contributed by atoms with van der Waals surface area (Å²) in [4.78, 5) is 22.3. The van der Waals surface area contributed by atoms with Gasteiger partial charge in [-0.2, -0.15) is 0 Å². The van der Waals surface area contributed by atoms with Gasteiger partial charge in [-0.3, -0.25) is 0 Å². The van der Waals surface area contributed by atoms with E-state index in [0.717, 1.165) is 97.6 Å². The molecule has 0 bridgehead atoms. The van der Waals surface area contributed by atoms with E-state index in [1.54, 1.807) is 18.0 Å². The third-order valence-corrected chi connectivity index (χ3v) is 14.5. The number of hydrogen-bond donors (Lipinski definition) is 2. The first-order valence-corrected chi connectivity index (χ1v) is 25.8. The quantitative estimate of drug-likeness (QED) is 0.0436. The topological polar surface area (TPSA) is 129 Å². The SMILES string of the molecule is C=CCOC12Oc3ccc(Oc4ccc5ccccc5c4)cc3C3C(CCCCO)C(CCCCO)C=C(C(=NOC4CCCCO4)CC1N(C)C(=O)OCCCCCCCCCCCC)C32. The van der Waals surface area contributed by atoms with E-state index in [1.807, 2.05) is 30.3 Å². The maximum atomic E-state index is 14.3. The smallest absolute Gasteiger partial charge is 0.409 e. The minimum atomic E-state index is -1.37. The predicted octanol–water partition coefficient (Wildman–Crippen LogP) is 12.8. The average Bonchev–Trinajstić information content (AvgIpc) is 3.35. The second kappa shape index (κ2) is 25.8. The Balaban J connectivity index is 1.26. The zero-order valence-corrected chi connectivity index (χ0v) is 40.4. The van der Waals surface area contributed by atoms with Gasteiger partial charge in [0.05, 0.1) is 31.5 Å². The number of amides is 1. The molecule has 0 aromatic heterocycles. The highest BCUT2D eigenvalue weighted by Crippen LogP contribution is 2.62. The molecule has 0 radical (unpaired) electrons. The Morgan fingerprint density at radius 3 is 2.31 bits per heavy atom. The molecule has 3 aromatic rings. The van der Waals surface area contributed by atoms with Gasteiger partial charge in [0.25, 0.3) is 0 Å². The van der Waals surface area contributed by atoms with Gasteiger partial charge in [0.1, 0.15) is 23.3 Å². The Kier molecular flexibility index (Phi) is 19.4. The van der Waals surface area contributed by atoms with Crippen molar-refractivity contribution in [3.8, 4) is 17.2 Å². The molecule has 1 amide bonds. The molecule has 3 aromatic carbocycles. The second-order valence-corrected chi connectivity index (χ2v) is 19.2. The third-order valence-electron chi connectivity index (χ3n) is 14.5. The van der Waals surface area contributed by atoms with Crippen LogP contribution in [0.1, 0.15) is 147 Å². The number of hydrogen-bond acceptors (Lipinski definition) is 10. The molecule has 1 saturated heterocycles. The highest BCUT2D eigenvalue weighted by Gasteiger charge is 2.65. The number of ether oxygens (including phenoxy) is 5. The number of aliphatic hydroxyl groups excluding tert-OH is 2. The molecular weight excluding hydrogens is 845 g/mol. The molecule has 2 heterocycles. The lowest BCUT2D eigenvalue weighted by Gasteiger charge is -2.59. The molecule has 2 aliphatic heterocycles. The van der Waals surface area contributed by atoms with Crippen molar-refractivity contribution in [2.45, 2.75) is 159 Å². The minimum absolute atomic E-state index is 0.0838. The van der Waals surface area contributed by atoms with Gasteiger partial charge in [-0.15, -0.1) is 6.58 Å². The van der Waals surface area contributed by atoms with Crippen molar-refractivity contribution in [3.05, 3.63) is 90.5 Å². The third kappa shape index (κ3) is 12.8. The van der Waals surface area contributed by atoms with Crippen LogP contribution in [0, 0.1) is 17.8 Å². The summed E-state index contributed by atoms with van der Waals surface area (Å²) in [6.07, 6.45) is 22.9. The van der Waals surface area contributed by atoms with Crippen molar-refractivity contribution in [2.75, 3.05) is 40.1 Å². The lowest BCUT2D eigenvalue weighted by atomic mass is 9.55. The van der Waals surface area contributed by atoms with E-state index in [2.05, 4.69) is 49.9 Å². The first-order valence-electron chi connectivity index (χ1n) is 25.8. The number of carbonyl (C=O) groups is 1. The summed E-state index contributed by atoms with van der Waals surface area (Å²) < 4.78 is 33.2. The van der Waals surface area contributed by atoms with Gasteiger partial charge in [-0.05, 0) is 103 Å². The zero-order chi connectivity index (χ0) is 46.9. The summed E-state index contributed by atoms with van der Waals surface area (Å²) in [7, 11) is 1.79. The van der Waals surface area contributed by atoms with E-state index in [-0.39, 0.29) is 37.6 Å². The highest BCUT2D eigenvalue weighted by molar-refractivity contribution is 6.03. The van der Waals surface area contributed by atoms with E-state index in [9.17, 15) is 15.0 Å². The van der Waals surface area contributed by atoms with E-state index >= 15 is 0 Å². The van der Waals surface area contributed by atoms with E-state index in [4.69, 9.17) is 33.7 Å². The summed E-state index contributed by atoms with van der Waals surface area (Å²) in [6, 6.07) is 19.8. The van der Waals surface area contributed by atoms with Crippen LogP contribution in [0.5, 0.6) is 17.2 Å². The van der Waals surface area contributed by atoms with E-state index in [0.29, 0.717) is 44.0 Å². The number of rotatable bonds is 27. The maximum absolute atomic E-state index is 14.3. The van der Waals surface area contributed by atoms with Gasteiger partial charge < -0.3 is 43.6 Å². The number of allylic oxidation sites excluding steroid dienone is 1. The summed E-state index contributed by atoms with van der Waals surface area (Å²) in [5, 5.41) is 27.2. The van der Waals surface area contributed by atoms with Crippen LogP contribution < -0.4 is 9.47 Å². The number of oxime groups is 1. The predicted molar refractivity (Wildman–Crippen MR) is 265 cm³/mol. The van der Waals surface area contributed by atoms with Gasteiger partial charge in [-0.1, -0.05) is 125 Å². The molecule has 7 rings (SSSR count). The molecule has 2 N–H and O–H groups in total. The number of nitrogens with zero attached hydrogens (tertiary/aromatic N) is 2. The average molecular weight is 923 g/mol. The largest absolute Gasteiger partial charge is 0.459 e. The fourth-order valence-corrected chi connectivity index (χ4v) is 11.1. The van der Waals surface area contributed by atoms with Crippen molar-refractivity contribution in [2.24, 2.45) is 22.9 Å². The van der Waals surface area contributed by atoms with Gasteiger partial charge in [0, 0.05) is 44.6 Å². The number of aliphatic hydroxyl groups is 2. The number of unbranched alkanes of at least 4 members (excludes halogenated alkanes) is 11. The number of carbonyl (C=O) groups excluding carboxylic acids is 1. The zero-order valence-electron chi connectivity index (χ0n) is 40.4. The molecule has 7 atom stereocenters. The standard InChI is InChI=1S/C56H78N2O9/c1-4-6-7-8-9-10-11-12-13-21-36-63-55(61)58(3)51-40-49(57-67-52-27-18-22-35-62-52)47-38-43(25-16-19-32-59)46(26-17-20-33-60)53-48-39-45(65-44-29-28-41-23-14-15-24-42(41)37-44)30-31-50(48)66-56(51,54(47)53)64-34-5-2/h5,14-15,23-24,28-31,37-39,43,46,51-54,59-60H,2,4,6-13,16-22,25-27,32-36,40H2,1,3H3. The molecule has 366 valence electrons. The van der Waals surface area contributed by atoms with Crippen LogP contribution in [0.25, 0.3) is 10.8 Å². The van der Waals surface area contributed by atoms with Crippen molar-refractivity contribution >= 4 is 22.6 Å². The Morgan fingerprint density at radius 2 is 1.58 bits per heavy atom. The Morgan fingerprint density at radius 1 is 0.866 bits per heavy atom. The summed E-state index contributed by atoms with van der Waals surface area (Å²) in [5.41, 5.74) is 2.71. The van der Waals surface area contributed by atoms with Crippen LogP contribution in [0.3, 0.4) is 0 Å². The van der Waals surface area contributed by atoms with Crippen molar-refractivity contribution < 1.29 is 43.5 Å². The van der Waals surface area contributed by atoms with Crippen LogP contribution in [0.4, 0.5) is 4.79 Å². The van der Waals surface area contributed by atoms with Crippen LogP contribution in [-0.2, 0) is 19.0 Å². The molecule has 67 heavy (non-hydrogen) atoms. The fourth-order valence-electron chi connectivity index (χ4n) is 11.1. The molecule has 7 unspecified atom stereocenters. The molecule has 11 nitrogen and oxygen atoms in total. The monoisotopic (exact) mass is 923 g/mol. The first kappa shape index (κ1) is 50.5. The van der Waals surface area contributed by atoms with Crippen molar-refractivity contribution in [3.63, 3.8) is 0 Å². The molecule has 4 aliphatic rings. The van der Waals surface area contributed by atoms with Crippen LogP contribution in [0.2, 0.25) is 0 Å². The molecule has 11 heteroatoms. The highest BCUT2D eigenvalue weighted by atomic mass is 16.8. The Labute approximate surface area is 399 Å². The van der Waals surface area contributed by atoms with Gasteiger partial charge in [-0.25, -0.2) is 4.79 Å². The summed E-state index contributed by atoms with van der Waals surface area (Å²) in [5.74, 6) is 0.295. The van der Waals surface area contributed by atoms with Crippen LogP contribution in [-0.4, -0.2) is 85.1 Å². The molecular formula is C56H78N2O9. The number of fused-ring (bicyclic) bond motifs is 3. The molecule has 2 fully saturated rings. The fraction of sp³-hybridized carbons (Fsp3) is 0.607. The molecule has 1 saturated carbocycles. The van der Waals surface area contributed by atoms with Crippen LogP contribution >= 0.6 is 0 Å². The lowest BCUT2D eigenvalue weighted by Crippen LogP contribution is -2.69. The number of likely N-dealkylation sites (N-methyl/N-ethyl adjacent to an activating group) is 1. The summed E-state index contributed by atoms with van der Waals surface area (Å²) in [6.45, 7) is 7.68. The Hall–Kier alpha value is -4.42. The minimum Gasteiger partial charge on any atom is -0.459 e. The molecule has 0 spiro atoms. The van der Waals surface area contributed by atoms with Gasteiger partial charge >= 0.3 is 6.09 Å². The van der Waals surface area contributed by atoms with Gasteiger partial charge in [0.15, 0.2) is 0 Å². The van der Waals surface area contributed by atoms with Crippen molar-refractivity contribution in [1.29, 1.82) is 0 Å². The summed E-state index contributed by atoms with van der Waals surface area (Å²) >= 11 is 0. The van der Waals surface area contributed by atoms with Gasteiger partial charge in [0.2, 0.25) is 12.1 Å². The second-order valence-electron chi connectivity index (χ2n) is 19.2. The van der Waals surface area contributed by atoms with E-state index < -0.39 is 30.1 Å². The maximum Gasteiger partial charge on any atom is 0.409 e. The first-order chi connectivity index (χ1) is 32.9. The number of benzene rings is 3. The lowest BCUT2D eigenvalue weighted by molar-refractivity contribution is -0.254. The van der Waals surface area contributed by atoms with Crippen LogP contribution in [0.15, 0.2) is 90.1 Å². The normalized spacial score (nSPS) is 24.8. The Bertz CT molecular complexity index is 2080. The van der Waals surface area contributed by atoms with E-state index in [1.165, 1.54) is 44.9 Å².